The summed E-state index contributed by atoms with van der Waals surface area (Å²) < 4.78 is 12.0. The predicted octanol–water partition coefficient (Wildman–Crippen LogP) is 6.33. The standard InChI is InChI=1S/C32H28ClN7O3S/c1-40(25-12-10-21(11-13-25)16-24(18-34)30-37-26-4-2-3-5-27(26)44-30)14-15-42-32(41)36-19-22-6-8-23(9-7-22)20-43-29-17-28(33)38-31(35)39-29/h2-13,16-17H,14-15,19-20H2,1H3,(H,36,41)(H2,35,38,39)/b24-16+. The number of carbonyl (C=O) groups excluding carboxylic acids is 1. The largest absolute Gasteiger partial charge is 0.473 e. The molecule has 0 aliphatic rings. The second-order valence-electron chi connectivity index (χ2n) is 9.65. The Morgan fingerprint density at radius 3 is 2.55 bits per heavy atom. The predicted molar refractivity (Wildman–Crippen MR) is 173 cm³/mol. The first-order valence-electron chi connectivity index (χ1n) is 13.6. The van der Waals surface area contributed by atoms with Crippen LogP contribution < -0.4 is 20.7 Å². The van der Waals surface area contributed by atoms with E-state index in [0.29, 0.717) is 29.6 Å². The van der Waals surface area contributed by atoms with Crippen molar-refractivity contribution in [2.75, 3.05) is 30.8 Å². The number of hydrogen-bond acceptors (Lipinski definition) is 10. The number of nitrogen functional groups attached to an aromatic ring is 1. The first kappa shape index (κ1) is 30.3. The highest BCUT2D eigenvalue weighted by Gasteiger charge is 2.10. The van der Waals surface area contributed by atoms with Crippen LogP contribution in [0.25, 0.3) is 21.9 Å². The molecule has 3 N–H and O–H groups in total. The molecule has 0 fully saturated rings. The maximum atomic E-state index is 12.2. The number of para-hydroxylation sites is 1. The summed E-state index contributed by atoms with van der Waals surface area (Å²) in [5.41, 5.74) is 10.7. The number of benzene rings is 3. The number of thiazole rings is 1. The molecule has 0 saturated carbocycles. The van der Waals surface area contributed by atoms with Gasteiger partial charge in [0.05, 0.1) is 22.3 Å². The Hall–Kier alpha value is -5.18. The highest BCUT2D eigenvalue weighted by atomic mass is 35.5. The van der Waals surface area contributed by atoms with E-state index in [4.69, 9.17) is 26.8 Å². The number of nitrogens with two attached hydrogens (primary N) is 1. The number of allylic oxidation sites excluding steroid dienone is 1. The summed E-state index contributed by atoms with van der Waals surface area (Å²) >= 11 is 7.37. The lowest BCUT2D eigenvalue weighted by atomic mass is 10.1. The summed E-state index contributed by atoms with van der Waals surface area (Å²) in [6, 6.07) is 27.0. The van der Waals surface area contributed by atoms with Gasteiger partial charge in [-0.2, -0.15) is 10.2 Å². The molecule has 0 spiro atoms. The van der Waals surface area contributed by atoms with E-state index in [0.717, 1.165) is 32.6 Å². The number of aromatic nitrogens is 3. The maximum Gasteiger partial charge on any atom is 0.407 e. The lowest BCUT2D eigenvalue weighted by molar-refractivity contribution is 0.148. The van der Waals surface area contributed by atoms with E-state index < -0.39 is 6.09 Å². The maximum absolute atomic E-state index is 12.2. The Labute approximate surface area is 263 Å². The molecule has 0 saturated heterocycles. The van der Waals surface area contributed by atoms with Crippen LogP contribution in [0.2, 0.25) is 5.15 Å². The summed E-state index contributed by atoms with van der Waals surface area (Å²) in [7, 11) is 1.92. The van der Waals surface area contributed by atoms with E-state index in [1.54, 1.807) is 0 Å². The van der Waals surface area contributed by atoms with Crippen molar-refractivity contribution >= 4 is 62.5 Å². The van der Waals surface area contributed by atoms with Crippen LogP contribution in [0.15, 0.2) is 78.9 Å². The van der Waals surface area contributed by atoms with E-state index in [1.165, 1.54) is 17.4 Å². The average Bonchev–Trinajstić information content (AvgIpc) is 3.46. The zero-order valence-corrected chi connectivity index (χ0v) is 25.3. The fourth-order valence-electron chi connectivity index (χ4n) is 4.15. The fraction of sp³-hybridized carbons (Fsp3) is 0.156. The molecule has 0 aliphatic carbocycles. The SMILES string of the molecule is CN(CCOC(=O)NCc1ccc(COc2cc(Cl)nc(N)n2)cc1)c1ccc(/C=C(\C#N)c2nc3ccccc3s2)cc1. The monoisotopic (exact) mass is 625 g/mol. The Morgan fingerprint density at radius 1 is 1.07 bits per heavy atom. The van der Waals surface area contributed by atoms with Crippen molar-refractivity contribution in [3.05, 3.63) is 106 Å². The number of carbonyl (C=O) groups is 1. The number of amides is 1. The number of fused-ring (bicyclic) bond motifs is 1. The summed E-state index contributed by atoms with van der Waals surface area (Å²) in [5, 5.41) is 13.4. The van der Waals surface area contributed by atoms with Crippen LogP contribution in [-0.2, 0) is 17.9 Å². The highest BCUT2D eigenvalue weighted by molar-refractivity contribution is 7.19. The molecule has 222 valence electrons. The third kappa shape index (κ3) is 8.22. The molecule has 0 unspecified atom stereocenters. The van der Waals surface area contributed by atoms with Gasteiger partial charge in [0.2, 0.25) is 11.8 Å². The van der Waals surface area contributed by atoms with Gasteiger partial charge in [0.25, 0.3) is 0 Å². The second kappa shape index (κ2) is 14.3. The van der Waals surface area contributed by atoms with Gasteiger partial charge >= 0.3 is 6.09 Å². The first-order chi connectivity index (χ1) is 21.4. The van der Waals surface area contributed by atoms with E-state index in [1.807, 2.05) is 90.8 Å². The molecule has 5 rings (SSSR count). The first-order valence-corrected chi connectivity index (χ1v) is 14.8. The molecule has 0 radical (unpaired) electrons. The Kier molecular flexibility index (Phi) is 9.86. The van der Waals surface area contributed by atoms with E-state index in [9.17, 15) is 10.1 Å². The quantitative estimate of drug-likeness (QED) is 0.127. The van der Waals surface area contributed by atoms with Crippen LogP contribution in [0.4, 0.5) is 16.4 Å². The molecular weight excluding hydrogens is 598 g/mol. The van der Waals surface area contributed by atoms with E-state index >= 15 is 0 Å². The zero-order chi connectivity index (χ0) is 30.9. The van der Waals surface area contributed by atoms with Crippen molar-refractivity contribution in [3.63, 3.8) is 0 Å². The Bertz CT molecular complexity index is 1770. The number of nitriles is 1. The van der Waals surface area contributed by atoms with E-state index in [-0.39, 0.29) is 24.3 Å². The summed E-state index contributed by atoms with van der Waals surface area (Å²) in [5.74, 6) is 0.337. The van der Waals surface area contributed by atoms with Crippen LogP contribution in [0, 0.1) is 11.3 Å². The van der Waals surface area contributed by atoms with Gasteiger partial charge in [-0.3, -0.25) is 0 Å². The van der Waals surface area contributed by atoms with Gasteiger partial charge in [0.1, 0.15) is 29.4 Å². The van der Waals surface area contributed by atoms with Crippen LogP contribution in [0.5, 0.6) is 5.88 Å². The number of halogens is 1. The number of hydrogen-bond donors (Lipinski definition) is 2. The summed E-state index contributed by atoms with van der Waals surface area (Å²) in [4.78, 5) is 26.6. The minimum Gasteiger partial charge on any atom is -0.473 e. The number of nitrogens with one attached hydrogen (secondary N) is 1. The van der Waals surface area contributed by atoms with Gasteiger partial charge in [-0.25, -0.2) is 14.8 Å². The van der Waals surface area contributed by atoms with Gasteiger partial charge in [0, 0.05) is 25.3 Å². The molecule has 0 bridgehead atoms. The minimum absolute atomic E-state index is 0.0444. The number of nitrogens with zero attached hydrogens (tertiary/aromatic N) is 5. The topological polar surface area (TPSA) is 139 Å². The molecular formula is C32H28ClN7O3S. The molecule has 2 aromatic heterocycles. The summed E-state index contributed by atoms with van der Waals surface area (Å²) in [6.45, 7) is 1.33. The van der Waals surface area contributed by atoms with Crippen molar-refractivity contribution < 1.29 is 14.3 Å². The van der Waals surface area contributed by atoms with Crippen LogP contribution in [0.1, 0.15) is 21.7 Å². The molecule has 1 amide bonds. The van der Waals surface area contributed by atoms with Gasteiger partial charge in [-0.05, 0) is 47.0 Å². The lowest BCUT2D eigenvalue weighted by Crippen LogP contribution is -2.28. The van der Waals surface area contributed by atoms with Crippen molar-refractivity contribution in [1.29, 1.82) is 5.26 Å². The number of anilines is 2. The third-order valence-electron chi connectivity index (χ3n) is 6.48. The molecule has 0 atom stereocenters. The van der Waals surface area contributed by atoms with Crippen LogP contribution in [-0.4, -0.2) is 41.2 Å². The second-order valence-corrected chi connectivity index (χ2v) is 11.1. The Balaban J connectivity index is 1.04. The van der Waals surface area contributed by atoms with E-state index in [2.05, 4.69) is 26.3 Å². The molecule has 12 heteroatoms. The Morgan fingerprint density at radius 2 is 1.82 bits per heavy atom. The minimum atomic E-state index is -0.497. The number of alkyl carbamates (subject to hydrolysis) is 1. The molecule has 10 nitrogen and oxygen atoms in total. The summed E-state index contributed by atoms with van der Waals surface area (Å²) in [6.07, 6.45) is 1.34. The van der Waals surface area contributed by atoms with Gasteiger partial charge < -0.3 is 25.4 Å². The van der Waals surface area contributed by atoms with Crippen molar-refractivity contribution in [2.45, 2.75) is 13.2 Å². The molecule has 5 aromatic rings. The molecule has 2 heterocycles. The van der Waals surface area contributed by atoms with Crippen LogP contribution in [0.3, 0.4) is 0 Å². The number of ether oxygens (including phenoxy) is 2. The van der Waals surface area contributed by atoms with Crippen molar-refractivity contribution in [1.82, 2.24) is 20.3 Å². The van der Waals surface area contributed by atoms with Gasteiger partial charge in [-0.15, -0.1) is 11.3 Å². The smallest absolute Gasteiger partial charge is 0.407 e. The normalized spacial score (nSPS) is 11.2. The molecule has 3 aromatic carbocycles. The van der Waals surface area contributed by atoms with Crippen molar-refractivity contribution in [3.8, 4) is 11.9 Å². The van der Waals surface area contributed by atoms with Crippen LogP contribution >= 0.6 is 22.9 Å². The fourth-order valence-corrected chi connectivity index (χ4v) is 5.26. The van der Waals surface area contributed by atoms with Gasteiger partial charge in [0.15, 0.2) is 0 Å². The van der Waals surface area contributed by atoms with Crippen molar-refractivity contribution in [2.24, 2.45) is 0 Å². The lowest BCUT2D eigenvalue weighted by Gasteiger charge is -2.19. The number of rotatable bonds is 11. The highest BCUT2D eigenvalue weighted by Crippen LogP contribution is 2.28. The zero-order valence-electron chi connectivity index (χ0n) is 23.7. The number of likely N-dealkylation sites (N-methyl/N-ethyl adjacent to an activating group) is 1. The molecule has 0 aliphatic heterocycles. The average molecular weight is 626 g/mol. The molecule has 44 heavy (non-hydrogen) atoms. The van der Waals surface area contributed by atoms with Gasteiger partial charge in [-0.1, -0.05) is 60.1 Å². The third-order valence-corrected chi connectivity index (χ3v) is 7.75.